The van der Waals surface area contributed by atoms with Crippen LogP contribution in [0, 0.1) is 13.8 Å². The Balaban J connectivity index is 0.000000308. The molecule has 0 bridgehead atoms. The molecule has 3 N–H and O–H groups in total. The number of hydrogen-bond acceptors (Lipinski definition) is 4. The van der Waals surface area contributed by atoms with E-state index in [0.29, 0.717) is 6.54 Å². The van der Waals surface area contributed by atoms with Crippen molar-refractivity contribution >= 4 is 19.4 Å². The molecule has 1 amide bonds. The van der Waals surface area contributed by atoms with Crippen LogP contribution in [-0.4, -0.2) is 40.2 Å². The minimum absolute atomic E-state index is 0.0612. The molecule has 0 fully saturated rings. The predicted molar refractivity (Wildman–Crippen MR) is 116 cm³/mol. The van der Waals surface area contributed by atoms with Gasteiger partial charge in [-0.1, -0.05) is 62.4 Å². The number of amides is 1. The van der Waals surface area contributed by atoms with Gasteiger partial charge >= 0.3 is 7.82 Å². The van der Waals surface area contributed by atoms with Gasteiger partial charge in [0.15, 0.2) is 0 Å². The number of para-hydroxylation sites is 1. The van der Waals surface area contributed by atoms with E-state index in [4.69, 9.17) is 9.79 Å². The highest BCUT2D eigenvalue weighted by atomic mass is 31.2. The van der Waals surface area contributed by atoms with Crippen LogP contribution in [0.25, 0.3) is 0 Å². The fourth-order valence-corrected chi connectivity index (χ4v) is 2.89. The molecule has 0 aromatic heterocycles. The molecule has 0 atom stereocenters. The maximum absolute atomic E-state index is 11.9. The summed E-state index contributed by atoms with van der Waals surface area (Å²) in [5.41, 5.74) is 3.90. The molecule has 0 unspecified atom stereocenters. The van der Waals surface area contributed by atoms with Crippen molar-refractivity contribution in [3.8, 4) is 0 Å². The average Bonchev–Trinajstić information content (AvgIpc) is 2.68. The summed E-state index contributed by atoms with van der Waals surface area (Å²) in [6.45, 7) is 10.4. The van der Waals surface area contributed by atoms with E-state index in [1.54, 1.807) is 24.3 Å². The fraction of sp³-hybridized carbons (Fsp3) is 0.381. The molecule has 0 aliphatic heterocycles. The summed E-state index contributed by atoms with van der Waals surface area (Å²) in [6.07, 6.45) is 0. The summed E-state index contributed by atoms with van der Waals surface area (Å²) < 4.78 is 14.6. The number of likely N-dealkylation sites (N-methyl/N-ethyl adjacent to an activating group) is 1. The lowest BCUT2D eigenvalue weighted by Crippen LogP contribution is -2.33. The third-order valence-electron chi connectivity index (χ3n) is 4.25. The van der Waals surface area contributed by atoms with Crippen molar-refractivity contribution < 1.29 is 23.7 Å². The minimum atomic E-state index is -4.33. The van der Waals surface area contributed by atoms with Gasteiger partial charge in [0, 0.05) is 5.69 Å². The van der Waals surface area contributed by atoms with Crippen molar-refractivity contribution in [1.29, 1.82) is 0 Å². The van der Waals surface area contributed by atoms with Crippen molar-refractivity contribution in [3.63, 3.8) is 0 Å². The molecule has 2 aromatic rings. The molecule has 0 spiro atoms. The van der Waals surface area contributed by atoms with Gasteiger partial charge in [0.1, 0.15) is 0 Å². The number of rotatable bonds is 8. The molecule has 0 heterocycles. The number of anilines is 1. The summed E-state index contributed by atoms with van der Waals surface area (Å²) in [5, 5.41) is 3.00. The highest BCUT2D eigenvalue weighted by Gasteiger charge is 2.13. The average molecular weight is 422 g/mol. The first-order valence-electron chi connectivity index (χ1n) is 9.48. The van der Waals surface area contributed by atoms with Crippen LogP contribution in [0.15, 0.2) is 48.5 Å². The van der Waals surface area contributed by atoms with E-state index >= 15 is 0 Å². The molecule has 7 nitrogen and oxygen atoms in total. The zero-order chi connectivity index (χ0) is 21.9. The first-order chi connectivity index (χ1) is 13.7. The summed E-state index contributed by atoms with van der Waals surface area (Å²) in [6, 6.07) is 14.9. The van der Waals surface area contributed by atoms with Gasteiger partial charge in [0.2, 0.25) is 5.91 Å². The van der Waals surface area contributed by atoms with E-state index < -0.39 is 7.82 Å². The van der Waals surface area contributed by atoms with Crippen LogP contribution >= 0.6 is 7.82 Å². The van der Waals surface area contributed by atoms with Crippen LogP contribution in [0.2, 0.25) is 0 Å². The Bertz CT molecular complexity index is 784. The summed E-state index contributed by atoms with van der Waals surface area (Å²) in [4.78, 5) is 30.7. The van der Waals surface area contributed by atoms with Crippen LogP contribution in [-0.2, 0) is 20.5 Å². The molecule has 2 aromatic carbocycles. The summed E-state index contributed by atoms with van der Waals surface area (Å²) >= 11 is 0. The van der Waals surface area contributed by atoms with E-state index in [2.05, 4.69) is 28.6 Å². The van der Waals surface area contributed by atoms with Gasteiger partial charge in [-0.3, -0.25) is 14.2 Å². The molecule has 29 heavy (non-hydrogen) atoms. The fourth-order valence-electron chi connectivity index (χ4n) is 2.57. The SMILES string of the molecule is CCN(CC)CC(=O)Nc1c(C)cccc1C.O=P(O)(O)OCc1ccccc1. The normalized spacial score (nSPS) is 11.0. The van der Waals surface area contributed by atoms with E-state index in [-0.39, 0.29) is 12.5 Å². The van der Waals surface area contributed by atoms with Crippen LogP contribution in [0.4, 0.5) is 5.69 Å². The highest BCUT2D eigenvalue weighted by molar-refractivity contribution is 7.46. The Morgan fingerprint density at radius 1 is 1.00 bits per heavy atom. The lowest BCUT2D eigenvalue weighted by atomic mass is 10.1. The zero-order valence-corrected chi connectivity index (χ0v) is 18.4. The molecular weight excluding hydrogens is 391 g/mol. The Labute approximate surface area is 173 Å². The van der Waals surface area contributed by atoms with Gasteiger partial charge in [-0.05, 0) is 43.6 Å². The van der Waals surface area contributed by atoms with Gasteiger partial charge in [-0.2, -0.15) is 0 Å². The molecule has 2 rings (SSSR count). The number of carbonyl (C=O) groups excluding carboxylic acids is 1. The van der Waals surface area contributed by atoms with Crippen molar-refractivity contribution in [2.75, 3.05) is 25.0 Å². The maximum atomic E-state index is 11.9. The number of nitrogens with one attached hydrogen (secondary N) is 1. The molecule has 160 valence electrons. The quantitative estimate of drug-likeness (QED) is 0.559. The van der Waals surface area contributed by atoms with Gasteiger partial charge < -0.3 is 15.1 Å². The minimum Gasteiger partial charge on any atom is -0.324 e. The molecule has 0 aliphatic carbocycles. The second-order valence-corrected chi connectivity index (χ2v) is 7.77. The van der Waals surface area contributed by atoms with Gasteiger partial charge in [-0.15, -0.1) is 0 Å². The Hall–Kier alpha value is -2.02. The van der Waals surface area contributed by atoms with E-state index in [0.717, 1.165) is 35.5 Å². The second kappa shape index (κ2) is 12.5. The third-order valence-corrected chi connectivity index (χ3v) is 4.71. The second-order valence-electron chi connectivity index (χ2n) is 6.53. The number of benzene rings is 2. The predicted octanol–water partition coefficient (Wildman–Crippen LogP) is 3.88. The van der Waals surface area contributed by atoms with E-state index in [1.807, 2.05) is 38.1 Å². The van der Waals surface area contributed by atoms with Gasteiger partial charge in [-0.25, -0.2) is 4.57 Å². The summed E-state index contributed by atoms with van der Waals surface area (Å²) in [7, 11) is -4.33. The van der Waals surface area contributed by atoms with Crippen LogP contribution in [0.1, 0.15) is 30.5 Å². The molecular formula is C21H31N2O5P. The number of carbonyl (C=O) groups is 1. The lowest BCUT2D eigenvalue weighted by molar-refractivity contribution is -0.117. The van der Waals surface area contributed by atoms with Gasteiger partial charge in [0.25, 0.3) is 0 Å². The van der Waals surface area contributed by atoms with Crippen molar-refractivity contribution in [2.45, 2.75) is 34.3 Å². The molecule has 8 heteroatoms. The monoisotopic (exact) mass is 422 g/mol. The number of phosphoric acid groups is 1. The zero-order valence-electron chi connectivity index (χ0n) is 17.5. The van der Waals surface area contributed by atoms with Gasteiger partial charge in [0.05, 0.1) is 13.2 Å². The smallest absolute Gasteiger partial charge is 0.324 e. The Morgan fingerprint density at radius 2 is 1.55 bits per heavy atom. The first kappa shape index (κ1) is 25.0. The number of aryl methyl sites for hydroxylation is 2. The van der Waals surface area contributed by atoms with Crippen molar-refractivity contribution in [2.24, 2.45) is 0 Å². The van der Waals surface area contributed by atoms with Crippen molar-refractivity contribution in [1.82, 2.24) is 4.90 Å². The van der Waals surface area contributed by atoms with Crippen LogP contribution in [0.3, 0.4) is 0 Å². The molecule has 0 saturated carbocycles. The Morgan fingerprint density at radius 3 is 2.03 bits per heavy atom. The third kappa shape index (κ3) is 10.4. The van der Waals surface area contributed by atoms with E-state index in [9.17, 15) is 9.36 Å². The van der Waals surface area contributed by atoms with Crippen LogP contribution < -0.4 is 5.32 Å². The lowest BCUT2D eigenvalue weighted by Gasteiger charge is -2.18. The molecule has 0 saturated heterocycles. The van der Waals surface area contributed by atoms with Crippen LogP contribution in [0.5, 0.6) is 0 Å². The molecule has 0 radical (unpaired) electrons. The summed E-state index contributed by atoms with van der Waals surface area (Å²) in [5.74, 6) is 0.0612. The number of phosphoric ester groups is 1. The largest absolute Gasteiger partial charge is 0.469 e. The number of nitrogens with zero attached hydrogens (tertiary/aromatic N) is 1. The van der Waals surface area contributed by atoms with Crippen molar-refractivity contribution in [3.05, 3.63) is 65.2 Å². The molecule has 0 aliphatic rings. The first-order valence-corrected chi connectivity index (χ1v) is 11.0. The maximum Gasteiger partial charge on any atom is 0.469 e. The topological polar surface area (TPSA) is 99.1 Å². The van der Waals surface area contributed by atoms with E-state index in [1.165, 1.54) is 0 Å². The highest BCUT2D eigenvalue weighted by Crippen LogP contribution is 2.36. The number of hydrogen-bond donors (Lipinski definition) is 3. The Kier molecular flexibility index (Phi) is 10.8. The standard InChI is InChI=1S/C14H22N2O.C7H9O4P/c1-5-16(6-2)10-13(17)15-14-11(3)8-7-9-12(14)4;8-12(9,10)11-6-7-4-2-1-3-5-7/h7-9H,5-6,10H2,1-4H3,(H,15,17);1-5H,6H2,(H2,8,9,10).